The Balaban J connectivity index is 1.92. The van der Waals surface area contributed by atoms with Gasteiger partial charge in [0.25, 0.3) is 0 Å². The normalized spacial score (nSPS) is 12.8. The number of aliphatic hydroxyl groups excluding tert-OH is 1. The fraction of sp³-hybridized carbons (Fsp3) is 0.167. The molecule has 1 N–H and O–H groups in total. The van der Waals surface area contributed by atoms with Gasteiger partial charge in [0.1, 0.15) is 17.7 Å². The first-order valence-electron chi connectivity index (χ1n) is 9.20. The van der Waals surface area contributed by atoms with Crippen LogP contribution in [0.5, 0.6) is 5.75 Å². The minimum absolute atomic E-state index is 0.0995. The highest BCUT2D eigenvalue weighted by molar-refractivity contribution is 6.03. The number of halogens is 1. The molecule has 5 heteroatoms. The molecule has 0 radical (unpaired) electrons. The van der Waals surface area contributed by atoms with E-state index in [-0.39, 0.29) is 17.8 Å². The van der Waals surface area contributed by atoms with Gasteiger partial charge >= 0.3 is 0 Å². The fourth-order valence-corrected chi connectivity index (χ4v) is 3.26. The Bertz CT molecular complexity index is 983. The summed E-state index contributed by atoms with van der Waals surface area (Å²) in [5.41, 5.74) is 1.24. The molecule has 148 valence electrons. The van der Waals surface area contributed by atoms with E-state index in [2.05, 4.69) is 0 Å². The predicted molar refractivity (Wildman–Crippen MR) is 108 cm³/mol. The molecule has 29 heavy (non-hydrogen) atoms. The molecule has 0 spiro atoms. The van der Waals surface area contributed by atoms with Gasteiger partial charge in [0.05, 0.1) is 12.7 Å². The van der Waals surface area contributed by atoms with E-state index in [1.54, 1.807) is 48.5 Å². The van der Waals surface area contributed by atoms with Crippen molar-refractivity contribution in [2.75, 3.05) is 7.11 Å². The second-order valence-corrected chi connectivity index (χ2v) is 6.66. The molecule has 4 nitrogen and oxygen atoms in total. The maximum atomic E-state index is 13.2. The number of ketones is 2. The number of aliphatic hydroxyl groups is 1. The zero-order valence-electron chi connectivity index (χ0n) is 15.9. The number of rotatable bonds is 8. The van der Waals surface area contributed by atoms with E-state index in [4.69, 9.17) is 4.74 Å². The van der Waals surface area contributed by atoms with Crippen molar-refractivity contribution >= 4 is 11.6 Å². The lowest BCUT2D eigenvalue weighted by atomic mass is 9.84. The van der Waals surface area contributed by atoms with E-state index >= 15 is 0 Å². The lowest BCUT2D eigenvalue weighted by molar-refractivity contribution is 0.0663. The van der Waals surface area contributed by atoms with Gasteiger partial charge in [-0.25, -0.2) is 4.39 Å². The van der Waals surface area contributed by atoms with Crippen molar-refractivity contribution in [1.82, 2.24) is 0 Å². The van der Waals surface area contributed by atoms with Gasteiger partial charge in [0, 0.05) is 17.9 Å². The first-order valence-corrected chi connectivity index (χ1v) is 9.20. The summed E-state index contributed by atoms with van der Waals surface area (Å²) < 4.78 is 18.4. The molecule has 0 fully saturated rings. The number of hydrogen-bond donors (Lipinski definition) is 1. The molecule has 3 rings (SSSR count). The molecular weight excluding hydrogens is 371 g/mol. The molecule has 0 amide bonds. The van der Waals surface area contributed by atoms with E-state index in [1.807, 2.05) is 6.07 Å². The molecule has 0 saturated heterocycles. The first-order chi connectivity index (χ1) is 14.0. The maximum Gasteiger partial charge on any atom is 0.195 e. The molecule has 0 aliphatic rings. The summed E-state index contributed by atoms with van der Waals surface area (Å²) in [6.45, 7) is 0. The summed E-state index contributed by atoms with van der Waals surface area (Å²) >= 11 is 0. The highest BCUT2D eigenvalue weighted by Gasteiger charge is 2.31. The van der Waals surface area contributed by atoms with Crippen molar-refractivity contribution in [2.24, 2.45) is 0 Å². The lowest BCUT2D eigenvalue weighted by Gasteiger charge is -2.23. The van der Waals surface area contributed by atoms with Crippen LogP contribution in [-0.2, 0) is 0 Å². The van der Waals surface area contributed by atoms with Gasteiger partial charge in [-0.3, -0.25) is 9.59 Å². The molecule has 0 saturated carbocycles. The van der Waals surface area contributed by atoms with Crippen LogP contribution in [0.4, 0.5) is 4.39 Å². The molecule has 0 unspecified atom stereocenters. The summed E-state index contributed by atoms with van der Waals surface area (Å²) in [6, 6.07) is 20.8. The van der Waals surface area contributed by atoms with Crippen LogP contribution in [0.1, 0.15) is 38.6 Å². The zero-order valence-corrected chi connectivity index (χ0v) is 15.9. The highest BCUT2D eigenvalue weighted by atomic mass is 19.1. The van der Waals surface area contributed by atoms with Gasteiger partial charge in [-0.15, -0.1) is 0 Å². The Labute approximate surface area is 168 Å². The van der Waals surface area contributed by atoms with Gasteiger partial charge < -0.3 is 9.84 Å². The van der Waals surface area contributed by atoms with E-state index in [9.17, 15) is 19.1 Å². The number of ether oxygens (including phenoxy) is 1. The first kappa shape index (κ1) is 20.4. The van der Waals surface area contributed by atoms with Crippen LogP contribution in [0.2, 0.25) is 0 Å². The molecule has 2 atom stereocenters. The molecule has 3 aromatic carbocycles. The van der Waals surface area contributed by atoms with Gasteiger partial charge in [-0.05, 0) is 42.0 Å². The number of carbonyl (C=O) groups excluding carboxylic acids is 2. The van der Waals surface area contributed by atoms with E-state index in [0.717, 1.165) is 0 Å². The minimum atomic E-state index is -1.45. The third kappa shape index (κ3) is 4.76. The summed E-state index contributed by atoms with van der Waals surface area (Å²) in [4.78, 5) is 25.8. The molecule has 0 aliphatic carbocycles. The van der Waals surface area contributed by atoms with Crippen LogP contribution in [-0.4, -0.2) is 29.9 Å². The minimum Gasteiger partial charge on any atom is -0.496 e. The number of para-hydroxylation sites is 1. The number of hydrogen-bond acceptors (Lipinski definition) is 4. The summed E-state index contributed by atoms with van der Waals surface area (Å²) in [5.74, 6) is -1.65. The molecule has 0 bridgehead atoms. The van der Waals surface area contributed by atoms with Crippen LogP contribution in [0.3, 0.4) is 0 Å². The third-order valence-corrected chi connectivity index (χ3v) is 4.82. The van der Waals surface area contributed by atoms with Crippen LogP contribution in [0.25, 0.3) is 0 Å². The van der Waals surface area contributed by atoms with Crippen LogP contribution >= 0.6 is 0 Å². The SMILES string of the molecule is COc1ccccc1C(=O)[C@H](O)[C@H](CC(=O)c1ccc(F)cc1)c1ccccc1. The van der Waals surface area contributed by atoms with Crippen molar-refractivity contribution in [1.29, 1.82) is 0 Å². The number of benzene rings is 3. The Morgan fingerprint density at radius 1 is 0.931 bits per heavy atom. The monoisotopic (exact) mass is 392 g/mol. The Hall–Kier alpha value is -3.31. The number of methoxy groups -OCH3 is 1. The average Bonchev–Trinajstić information content (AvgIpc) is 2.77. The molecule has 0 aliphatic heterocycles. The van der Waals surface area contributed by atoms with Crippen molar-refractivity contribution < 1.29 is 23.8 Å². The lowest BCUT2D eigenvalue weighted by Crippen LogP contribution is -2.30. The van der Waals surface area contributed by atoms with Crippen molar-refractivity contribution in [3.05, 3.63) is 101 Å². The molecule has 3 aromatic rings. The quantitative estimate of drug-likeness (QED) is 0.576. The third-order valence-electron chi connectivity index (χ3n) is 4.82. The summed E-state index contributed by atoms with van der Waals surface area (Å²) in [5, 5.41) is 10.9. The van der Waals surface area contributed by atoms with Gasteiger partial charge in [-0.2, -0.15) is 0 Å². The average molecular weight is 392 g/mol. The van der Waals surface area contributed by atoms with Gasteiger partial charge in [0.15, 0.2) is 11.6 Å². The molecular formula is C24H21FO4. The largest absolute Gasteiger partial charge is 0.496 e. The van der Waals surface area contributed by atoms with E-state index < -0.39 is 23.6 Å². The second-order valence-electron chi connectivity index (χ2n) is 6.66. The number of Topliss-reactive ketones (excluding diaryl/α,β-unsaturated/α-hetero) is 2. The molecule has 0 aromatic heterocycles. The van der Waals surface area contributed by atoms with Crippen molar-refractivity contribution in [2.45, 2.75) is 18.4 Å². The Morgan fingerprint density at radius 2 is 1.55 bits per heavy atom. The smallest absolute Gasteiger partial charge is 0.195 e. The summed E-state index contributed by atoms with van der Waals surface area (Å²) in [6.07, 6.45) is -1.55. The van der Waals surface area contributed by atoms with Crippen LogP contribution in [0, 0.1) is 5.82 Å². The predicted octanol–water partition coefficient (Wildman–Crippen LogP) is 4.43. The van der Waals surface area contributed by atoms with Gasteiger partial charge in [0.2, 0.25) is 0 Å². The maximum absolute atomic E-state index is 13.2. The highest BCUT2D eigenvalue weighted by Crippen LogP contribution is 2.30. The summed E-state index contributed by atoms with van der Waals surface area (Å²) in [7, 11) is 1.45. The Kier molecular flexibility index (Phi) is 6.52. The van der Waals surface area contributed by atoms with E-state index in [1.165, 1.54) is 31.4 Å². The second kappa shape index (κ2) is 9.26. The van der Waals surface area contributed by atoms with E-state index in [0.29, 0.717) is 16.9 Å². The Morgan fingerprint density at radius 3 is 2.21 bits per heavy atom. The van der Waals surface area contributed by atoms with Gasteiger partial charge in [-0.1, -0.05) is 42.5 Å². The standard InChI is InChI=1S/C24H21FO4/c1-29-22-10-6-5-9-19(22)23(27)24(28)20(16-7-3-2-4-8-16)15-21(26)17-11-13-18(25)14-12-17/h2-14,20,24,28H,15H2,1H3/t20-,24-/m1/s1. The fourth-order valence-electron chi connectivity index (χ4n) is 3.26. The molecule has 0 heterocycles. The zero-order chi connectivity index (χ0) is 20.8. The van der Waals surface area contributed by atoms with Crippen molar-refractivity contribution in [3.8, 4) is 5.75 Å². The van der Waals surface area contributed by atoms with Crippen molar-refractivity contribution in [3.63, 3.8) is 0 Å². The van der Waals surface area contributed by atoms with Crippen LogP contribution < -0.4 is 4.74 Å². The topological polar surface area (TPSA) is 63.6 Å². The van der Waals surface area contributed by atoms with Crippen LogP contribution in [0.15, 0.2) is 78.9 Å². The number of carbonyl (C=O) groups is 2.